The molecule has 0 aromatic heterocycles. The second kappa shape index (κ2) is 60.4. The maximum absolute atomic E-state index is 14.6. The normalized spacial score (nSPS) is 14.5. The van der Waals surface area contributed by atoms with E-state index in [1.807, 2.05) is 29.8 Å². The monoisotopic (exact) mass is 1910 g/mol. The lowest BCUT2D eigenvalue weighted by Gasteiger charge is -2.28. The molecule has 7 unspecified atom stereocenters. The largest absolute Gasteiger partial charge is 0.508 e. The topological polar surface area (TPSA) is 845 Å². The summed E-state index contributed by atoms with van der Waals surface area (Å²) in [5.74, 6) is -19.9. The van der Waals surface area contributed by atoms with Gasteiger partial charge in [0.05, 0.1) is 51.7 Å². The van der Waals surface area contributed by atoms with Gasteiger partial charge in [0.2, 0.25) is 94.5 Å². The molecule has 0 aliphatic heterocycles. The van der Waals surface area contributed by atoms with Crippen molar-refractivity contribution in [3.8, 4) is 11.5 Å². The number of nitrogens with two attached hydrogens (primary N) is 5. The molecule has 0 saturated carbocycles. The summed E-state index contributed by atoms with van der Waals surface area (Å²) in [6.45, 7) is 5.52. The summed E-state index contributed by atoms with van der Waals surface area (Å²) in [6.07, 6.45) is -3.61. The van der Waals surface area contributed by atoms with Gasteiger partial charge in [0, 0.05) is 25.8 Å². The highest BCUT2D eigenvalue weighted by Crippen LogP contribution is 2.18. The molecule has 0 heterocycles. The number of aliphatic hydroxyl groups is 3. The number of unbranched alkanes of at least 4 members (excludes halogenated alkanes) is 2. The molecule has 0 aliphatic rings. The smallest absolute Gasteiger partial charge is 0.328 e. The molecular formula is C85H131N23O27. The van der Waals surface area contributed by atoms with Crippen LogP contribution in [0.5, 0.6) is 11.5 Å². The fraction of sp³-hybridized carbons (Fsp3) is 0.553. The van der Waals surface area contributed by atoms with Crippen molar-refractivity contribution in [3.63, 3.8) is 0 Å². The van der Waals surface area contributed by atoms with Crippen LogP contribution in [0.15, 0.2) is 78.9 Å². The van der Waals surface area contributed by atoms with E-state index < -0.39 is 261 Å². The molecule has 15 atom stereocenters. The minimum Gasteiger partial charge on any atom is -0.508 e. The molecule has 0 fully saturated rings. The first kappa shape index (κ1) is 115. The molecule has 3 rings (SSSR count). The van der Waals surface area contributed by atoms with Crippen molar-refractivity contribution >= 4 is 118 Å². The van der Waals surface area contributed by atoms with Crippen molar-refractivity contribution in [2.75, 3.05) is 46.0 Å². The fourth-order valence-corrected chi connectivity index (χ4v) is 13.3. The number of phenolic OH excluding ortho intramolecular Hbond substituents is 2. The van der Waals surface area contributed by atoms with Crippen LogP contribution in [0.25, 0.3) is 0 Å². The van der Waals surface area contributed by atoms with Crippen LogP contribution in [-0.4, -0.2) is 296 Å². The van der Waals surface area contributed by atoms with Gasteiger partial charge in [0.25, 0.3) is 0 Å². The third kappa shape index (κ3) is 43.6. The molecule has 748 valence electrons. The van der Waals surface area contributed by atoms with Gasteiger partial charge in [-0.05, 0) is 136 Å². The van der Waals surface area contributed by atoms with Gasteiger partial charge < -0.3 is 149 Å². The minimum absolute atomic E-state index is 0.0184. The van der Waals surface area contributed by atoms with E-state index in [0.29, 0.717) is 29.5 Å². The van der Waals surface area contributed by atoms with Crippen molar-refractivity contribution in [2.45, 2.75) is 235 Å². The number of aliphatic hydroxyl groups excluding tert-OH is 3. The molecule has 36 N–H and O–H groups in total. The Balaban J connectivity index is 1.85. The number of hydrazine groups is 1. The van der Waals surface area contributed by atoms with Crippen LogP contribution in [0.2, 0.25) is 0 Å². The number of primary amides is 1. The van der Waals surface area contributed by atoms with Crippen LogP contribution in [0.3, 0.4) is 0 Å². The highest BCUT2D eigenvalue weighted by atomic mass is 16.4. The summed E-state index contributed by atoms with van der Waals surface area (Å²) < 4.78 is 0. The molecule has 3 aromatic rings. The van der Waals surface area contributed by atoms with Gasteiger partial charge in [-0.15, -0.1) is 0 Å². The Hall–Kier alpha value is -13.8. The summed E-state index contributed by atoms with van der Waals surface area (Å²) in [4.78, 5) is 260. The third-order valence-corrected chi connectivity index (χ3v) is 20.5. The summed E-state index contributed by atoms with van der Waals surface area (Å²) >= 11 is 0. The molecule has 135 heavy (non-hydrogen) atoms. The maximum Gasteiger partial charge on any atom is 0.328 e. The average molecular weight is 1910 g/mol. The molecular weight excluding hydrogens is 1780 g/mol. The van der Waals surface area contributed by atoms with E-state index in [9.17, 15) is 132 Å². The fourth-order valence-electron chi connectivity index (χ4n) is 13.3. The van der Waals surface area contributed by atoms with Gasteiger partial charge in [0.15, 0.2) is 5.96 Å². The highest BCUT2D eigenvalue weighted by Gasteiger charge is 2.40. The van der Waals surface area contributed by atoms with Crippen LogP contribution in [-0.2, 0) is 110 Å². The molecule has 16 amide bonds. The summed E-state index contributed by atoms with van der Waals surface area (Å²) in [5, 5.41) is 125. The van der Waals surface area contributed by atoms with Crippen molar-refractivity contribution in [1.29, 1.82) is 5.41 Å². The molecule has 50 nitrogen and oxygen atoms in total. The molecule has 0 spiro atoms. The second-order valence-corrected chi connectivity index (χ2v) is 33.0. The number of guanidine groups is 1. The number of carbonyl (C=O) groups is 19. The van der Waals surface area contributed by atoms with Gasteiger partial charge in [-0.2, -0.15) is 0 Å². The van der Waals surface area contributed by atoms with E-state index in [1.54, 1.807) is 44.2 Å². The Labute approximate surface area is 777 Å². The van der Waals surface area contributed by atoms with Crippen LogP contribution in [0.4, 0.5) is 0 Å². The number of carboxylic acid groups (broad SMARTS) is 3. The van der Waals surface area contributed by atoms with E-state index in [-0.39, 0.29) is 114 Å². The predicted octanol–water partition coefficient (Wildman–Crippen LogP) is -8.98. The van der Waals surface area contributed by atoms with Gasteiger partial charge in [-0.25, -0.2) is 10.2 Å². The van der Waals surface area contributed by atoms with Gasteiger partial charge >= 0.3 is 17.9 Å². The van der Waals surface area contributed by atoms with Crippen LogP contribution >= 0.6 is 0 Å². The summed E-state index contributed by atoms with van der Waals surface area (Å²) in [5.41, 5.74) is 26.1. The first-order valence-corrected chi connectivity index (χ1v) is 43.6. The molecule has 0 bridgehead atoms. The van der Waals surface area contributed by atoms with Crippen LogP contribution in [0.1, 0.15) is 142 Å². The lowest BCUT2D eigenvalue weighted by Crippen LogP contribution is -2.62. The van der Waals surface area contributed by atoms with Crippen molar-refractivity contribution in [3.05, 3.63) is 95.6 Å². The van der Waals surface area contributed by atoms with Crippen molar-refractivity contribution in [1.82, 2.24) is 90.5 Å². The maximum atomic E-state index is 14.6. The Kier molecular flexibility index (Phi) is 51.6. The summed E-state index contributed by atoms with van der Waals surface area (Å²) in [6, 6.07) is -6.95. The number of aliphatic carboxylic acids is 3. The zero-order valence-electron chi connectivity index (χ0n) is 75.9. The van der Waals surface area contributed by atoms with E-state index in [0.717, 1.165) is 0 Å². The first-order chi connectivity index (χ1) is 63.8. The van der Waals surface area contributed by atoms with E-state index >= 15 is 0 Å². The van der Waals surface area contributed by atoms with Crippen LogP contribution < -0.4 is 119 Å². The number of aromatic hydroxyl groups is 2. The molecule has 3 aromatic carbocycles. The number of rotatable bonds is 64. The number of amides is 16. The van der Waals surface area contributed by atoms with Gasteiger partial charge in [-0.3, -0.25) is 97.6 Å². The van der Waals surface area contributed by atoms with Crippen molar-refractivity contribution < 1.29 is 132 Å². The number of phenols is 2. The quantitative estimate of drug-likeness (QED) is 0.00820. The Morgan fingerprint density at radius 2 is 0.652 bits per heavy atom. The first-order valence-electron chi connectivity index (χ1n) is 43.6. The molecule has 0 radical (unpaired) electrons. The average Bonchev–Trinajstić information content (AvgIpc) is 0.844. The van der Waals surface area contributed by atoms with Crippen molar-refractivity contribution in [2.24, 2.45) is 46.5 Å². The molecule has 0 saturated heterocycles. The Bertz CT molecular complexity index is 4480. The minimum atomic E-state index is -2.28. The number of nitrogens with one attached hydrogen (secondary N) is 18. The number of hydrogen-bond acceptors (Lipinski definition) is 29. The highest BCUT2D eigenvalue weighted by molar-refractivity contribution is 6.02. The number of carbonyl (C=O) groups excluding carboxylic acids is 16. The summed E-state index contributed by atoms with van der Waals surface area (Å²) in [7, 11) is 0. The molecule has 50 heteroatoms. The standard InChI is InChI=1S/C85H131N23O27/c1-43(2)31-54(73(123)96-51(17-10-12-28-86)70(120)95-52(18-11-13-29-87)71(121)98-56(34-47-20-24-49(112)25-21-47)74(124)97-53(19-14-30-92-85(89)90)72(122)106-64(42-111)84(134)135)94-66(115)39-93-83(133)69(45(5)6)107-79(129)58(36-65(88)114)101-81(131)62(40-109)105-82(132)63(41-110)104-78(128)60(38-68(118)119)103-77(127)59(37-67(116)117)102-76(126)55(33-46-15-8-7-9-16-46)99-75(125)57(35-48-22-26-50(113)27-23-48)100-80(130)61(108-91)32-44(3)4/h7-9,15-16,20-27,43-45,51-64,69,108-113H,10-14,17-19,28-42,86-87,91H2,1-6H3,(H2,88,114)(H,93,133)(H,94,115)(H,95,120)(H,96,123)(H,97,124)(H,98,121)(H,99,125)(H,100,130)(H,101,131)(H,102,126)(H,103,127)(H,104,128)(H,105,132)(H,106,122)(H,107,129)(H,116,117)(H,118,119)(H,134,135)(H4,89,90,92)/t51?,52-,53-,54-,55-,56?,57?,58?,59?,60-,61-,62-,63?,64?,69-/m0/s1. The van der Waals surface area contributed by atoms with Gasteiger partial charge in [0.1, 0.15) is 96.1 Å². The second-order valence-electron chi connectivity index (χ2n) is 33.0. The van der Waals surface area contributed by atoms with E-state index in [1.165, 1.54) is 62.4 Å². The zero-order chi connectivity index (χ0) is 101. The lowest BCUT2D eigenvalue weighted by atomic mass is 10.00. The Morgan fingerprint density at radius 3 is 1.00 bits per heavy atom. The number of benzene rings is 3. The zero-order valence-corrected chi connectivity index (χ0v) is 75.9. The van der Waals surface area contributed by atoms with Crippen LogP contribution in [0, 0.1) is 23.2 Å². The Morgan fingerprint density at radius 1 is 0.341 bits per heavy atom. The third-order valence-electron chi connectivity index (χ3n) is 20.5. The SMILES string of the molecule is CC(C)C[C@H](NN)C(=O)NC(Cc1ccc(O)cc1)C(=O)N[C@@H](Cc1ccccc1)C(=O)NC(CC(=O)O)C(=O)N[C@@H](CC(=O)O)C(=O)NC(CO)C(=O)N[C@@H](CO)C(=O)NC(CC(N)=O)C(=O)N[C@H](C(=O)NCC(=O)N[C@@H](CC(C)C)C(=O)NC(CCCCN)C(=O)N[C@@H](CCCCN)C(=O)NC(Cc1ccc(O)cc1)C(=O)N[C@@H](CCCNC(=N)N)C(=O)NC(CO)C(=O)O)C(C)C. The van der Waals surface area contributed by atoms with E-state index in [2.05, 4.69) is 74.5 Å². The number of hydrogen-bond donors (Lipinski definition) is 31. The van der Waals surface area contributed by atoms with Gasteiger partial charge in [-0.1, -0.05) is 96.1 Å². The van der Waals surface area contributed by atoms with E-state index in [4.69, 9.17) is 34.2 Å². The predicted molar refractivity (Wildman–Crippen MR) is 481 cm³/mol. The molecule has 0 aliphatic carbocycles. The lowest BCUT2D eigenvalue weighted by molar-refractivity contribution is -0.143. The number of carboxylic acids is 3.